The predicted octanol–water partition coefficient (Wildman–Crippen LogP) is 4.36. The van der Waals surface area contributed by atoms with E-state index in [4.69, 9.17) is 4.98 Å². The van der Waals surface area contributed by atoms with Crippen LogP contribution in [0.25, 0.3) is 11.0 Å². The van der Waals surface area contributed by atoms with Crippen LogP contribution in [0.4, 0.5) is 10.8 Å². The molecule has 0 fully saturated rings. The number of nitrogens with zero attached hydrogens (tertiary/aromatic N) is 6. The molecule has 0 N–H and O–H groups in total. The second-order valence-electron chi connectivity index (χ2n) is 6.43. The summed E-state index contributed by atoms with van der Waals surface area (Å²) in [7, 11) is 1.86. The number of aryl methyl sites for hydroxylation is 2. The van der Waals surface area contributed by atoms with Gasteiger partial charge in [0.15, 0.2) is 10.8 Å². The molecule has 3 heterocycles. The van der Waals surface area contributed by atoms with Crippen molar-refractivity contribution in [3.05, 3.63) is 53.4 Å². The average Bonchev–Trinajstić information content (AvgIpc) is 3.34. The maximum absolute atomic E-state index is 12.4. The normalized spacial score (nSPS) is 11.1. The molecule has 0 saturated carbocycles. The SMILES string of the molecule is CCc1ccccc1N(C(C)=O)c1nc(CSc2ncnc3c2cnn3C)cs1. The number of anilines is 2. The van der Waals surface area contributed by atoms with Gasteiger partial charge in [0, 0.05) is 25.1 Å². The standard InChI is InChI=1S/C20H20N6OS2/c1-4-14-7-5-6-8-17(14)26(13(2)27)20-24-15(11-29-20)10-28-19-16-9-23-25(3)18(16)21-12-22-19/h5-9,11-12H,4,10H2,1-3H3. The summed E-state index contributed by atoms with van der Waals surface area (Å²) in [6, 6.07) is 7.95. The second-order valence-corrected chi connectivity index (χ2v) is 8.23. The smallest absolute Gasteiger partial charge is 0.230 e. The zero-order chi connectivity index (χ0) is 20.4. The minimum Gasteiger partial charge on any atom is -0.274 e. The molecule has 0 aliphatic carbocycles. The summed E-state index contributed by atoms with van der Waals surface area (Å²) in [5, 5.41) is 8.73. The van der Waals surface area contributed by atoms with E-state index in [1.54, 1.807) is 40.8 Å². The number of para-hydroxylation sites is 1. The molecule has 29 heavy (non-hydrogen) atoms. The van der Waals surface area contributed by atoms with E-state index in [9.17, 15) is 4.79 Å². The van der Waals surface area contributed by atoms with Crippen molar-refractivity contribution in [3.8, 4) is 0 Å². The number of thiazole rings is 1. The van der Waals surface area contributed by atoms with E-state index in [2.05, 4.69) is 22.0 Å². The Hall–Kier alpha value is -2.78. The number of hydrogen-bond donors (Lipinski definition) is 0. The van der Waals surface area contributed by atoms with Crippen molar-refractivity contribution in [1.82, 2.24) is 24.7 Å². The van der Waals surface area contributed by atoms with Crippen molar-refractivity contribution in [2.75, 3.05) is 4.90 Å². The van der Waals surface area contributed by atoms with E-state index in [1.165, 1.54) is 11.3 Å². The first kappa shape index (κ1) is 19.5. The van der Waals surface area contributed by atoms with Gasteiger partial charge in [-0.15, -0.1) is 11.3 Å². The Kier molecular flexibility index (Phi) is 5.59. The molecule has 1 aromatic carbocycles. The fourth-order valence-electron chi connectivity index (χ4n) is 3.10. The van der Waals surface area contributed by atoms with Crippen molar-refractivity contribution < 1.29 is 4.79 Å². The van der Waals surface area contributed by atoms with E-state index >= 15 is 0 Å². The van der Waals surface area contributed by atoms with Gasteiger partial charge in [-0.2, -0.15) is 5.10 Å². The van der Waals surface area contributed by atoms with Gasteiger partial charge in [-0.05, 0) is 18.1 Å². The van der Waals surface area contributed by atoms with Gasteiger partial charge < -0.3 is 0 Å². The molecular formula is C20H20N6OS2. The number of amides is 1. The van der Waals surface area contributed by atoms with Crippen LogP contribution >= 0.6 is 23.1 Å². The molecule has 0 saturated heterocycles. The monoisotopic (exact) mass is 424 g/mol. The Labute approximate surface area is 176 Å². The van der Waals surface area contributed by atoms with E-state index < -0.39 is 0 Å². The molecule has 4 aromatic rings. The van der Waals surface area contributed by atoms with Gasteiger partial charge in [-0.1, -0.05) is 36.9 Å². The van der Waals surface area contributed by atoms with Crippen LogP contribution in [0.5, 0.6) is 0 Å². The summed E-state index contributed by atoms with van der Waals surface area (Å²) >= 11 is 3.06. The van der Waals surface area contributed by atoms with Crippen molar-refractivity contribution in [1.29, 1.82) is 0 Å². The van der Waals surface area contributed by atoms with Crippen LogP contribution in [0.3, 0.4) is 0 Å². The number of rotatable bonds is 6. The molecule has 0 aliphatic heterocycles. The summed E-state index contributed by atoms with van der Waals surface area (Å²) in [5.41, 5.74) is 3.73. The van der Waals surface area contributed by atoms with Gasteiger partial charge in [0.25, 0.3) is 0 Å². The number of thioether (sulfide) groups is 1. The lowest BCUT2D eigenvalue weighted by Gasteiger charge is -2.20. The van der Waals surface area contributed by atoms with Crippen molar-refractivity contribution in [3.63, 3.8) is 0 Å². The fourth-order valence-corrected chi connectivity index (χ4v) is 4.94. The first-order valence-electron chi connectivity index (χ1n) is 9.17. The maximum Gasteiger partial charge on any atom is 0.230 e. The van der Waals surface area contributed by atoms with Gasteiger partial charge in [0.1, 0.15) is 11.4 Å². The maximum atomic E-state index is 12.4. The summed E-state index contributed by atoms with van der Waals surface area (Å²) in [6.07, 6.45) is 4.18. The highest BCUT2D eigenvalue weighted by Crippen LogP contribution is 2.33. The summed E-state index contributed by atoms with van der Waals surface area (Å²) in [4.78, 5) is 27.5. The lowest BCUT2D eigenvalue weighted by Crippen LogP contribution is -2.23. The zero-order valence-corrected chi connectivity index (χ0v) is 18.0. The van der Waals surface area contributed by atoms with Gasteiger partial charge in [0.2, 0.25) is 5.91 Å². The van der Waals surface area contributed by atoms with Crippen LogP contribution in [-0.4, -0.2) is 30.6 Å². The summed E-state index contributed by atoms with van der Waals surface area (Å²) in [5.74, 6) is 0.603. The van der Waals surface area contributed by atoms with E-state index in [0.717, 1.165) is 39.4 Å². The Morgan fingerprint density at radius 2 is 2.10 bits per heavy atom. The lowest BCUT2D eigenvalue weighted by atomic mass is 10.1. The quantitative estimate of drug-likeness (QED) is 0.338. The predicted molar refractivity (Wildman–Crippen MR) is 117 cm³/mol. The Bertz CT molecular complexity index is 1170. The fraction of sp³-hybridized carbons (Fsp3) is 0.250. The van der Waals surface area contributed by atoms with Crippen LogP contribution in [0.1, 0.15) is 25.1 Å². The largest absolute Gasteiger partial charge is 0.274 e. The molecule has 0 aliphatic rings. The minimum atomic E-state index is -0.0488. The highest BCUT2D eigenvalue weighted by molar-refractivity contribution is 7.98. The highest BCUT2D eigenvalue weighted by atomic mass is 32.2. The number of fused-ring (bicyclic) bond motifs is 1. The van der Waals surface area contributed by atoms with Crippen molar-refractivity contribution in [2.24, 2.45) is 7.05 Å². The molecule has 9 heteroatoms. The average molecular weight is 425 g/mol. The topological polar surface area (TPSA) is 76.8 Å². The van der Waals surface area contributed by atoms with Crippen LogP contribution in [0.2, 0.25) is 0 Å². The van der Waals surface area contributed by atoms with E-state index in [-0.39, 0.29) is 5.91 Å². The molecule has 7 nitrogen and oxygen atoms in total. The molecular weight excluding hydrogens is 404 g/mol. The summed E-state index contributed by atoms with van der Waals surface area (Å²) < 4.78 is 1.73. The third-order valence-electron chi connectivity index (χ3n) is 4.51. The van der Waals surface area contributed by atoms with Crippen LogP contribution in [0, 0.1) is 0 Å². The Balaban J connectivity index is 1.57. The molecule has 0 unspecified atom stereocenters. The Morgan fingerprint density at radius 1 is 1.28 bits per heavy atom. The van der Waals surface area contributed by atoms with Crippen LogP contribution in [-0.2, 0) is 24.0 Å². The van der Waals surface area contributed by atoms with Gasteiger partial charge in [0.05, 0.1) is 23.0 Å². The van der Waals surface area contributed by atoms with Crippen LogP contribution < -0.4 is 4.90 Å². The molecule has 0 radical (unpaired) electrons. The van der Waals surface area contributed by atoms with Gasteiger partial charge >= 0.3 is 0 Å². The van der Waals surface area contributed by atoms with Crippen molar-refractivity contribution in [2.45, 2.75) is 31.0 Å². The molecule has 0 bridgehead atoms. The molecule has 4 rings (SSSR count). The van der Waals surface area contributed by atoms with E-state index in [0.29, 0.717) is 10.9 Å². The van der Waals surface area contributed by atoms with Crippen LogP contribution in [0.15, 0.2) is 47.2 Å². The number of carbonyl (C=O) groups is 1. The zero-order valence-electron chi connectivity index (χ0n) is 16.4. The number of hydrogen-bond acceptors (Lipinski definition) is 7. The Morgan fingerprint density at radius 3 is 2.90 bits per heavy atom. The molecule has 3 aromatic heterocycles. The number of benzene rings is 1. The second kappa shape index (κ2) is 8.30. The third kappa shape index (κ3) is 3.88. The van der Waals surface area contributed by atoms with Gasteiger partial charge in [-0.25, -0.2) is 15.0 Å². The molecule has 1 amide bonds. The first-order chi connectivity index (χ1) is 14.1. The third-order valence-corrected chi connectivity index (χ3v) is 6.42. The molecule has 148 valence electrons. The number of aromatic nitrogens is 5. The van der Waals surface area contributed by atoms with E-state index in [1.807, 2.05) is 36.7 Å². The summed E-state index contributed by atoms with van der Waals surface area (Å²) in [6.45, 7) is 3.66. The first-order valence-corrected chi connectivity index (χ1v) is 11.0. The molecule has 0 atom stereocenters. The number of carbonyl (C=O) groups excluding carboxylic acids is 1. The highest BCUT2D eigenvalue weighted by Gasteiger charge is 2.20. The lowest BCUT2D eigenvalue weighted by molar-refractivity contribution is -0.115. The molecule has 0 spiro atoms. The van der Waals surface area contributed by atoms with Gasteiger partial charge in [-0.3, -0.25) is 14.4 Å². The minimum absolute atomic E-state index is 0.0488. The van der Waals surface area contributed by atoms with Crippen molar-refractivity contribution >= 4 is 50.9 Å².